The van der Waals surface area contributed by atoms with E-state index in [1.54, 1.807) is 0 Å². The summed E-state index contributed by atoms with van der Waals surface area (Å²) in [6.07, 6.45) is 0.0970. The summed E-state index contributed by atoms with van der Waals surface area (Å²) in [6, 6.07) is 15.3. The summed E-state index contributed by atoms with van der Waals surface area (Å²) in [4.78, 5) is 15.3. The summed E-state index contributed by atoms with van der Waals surface area (Å²) in [5.74, 6) is -0.183. The van der Waals surface area contributed by atoms with Crippen LogP contribution in [0.25, 0.3) is 0 Å². The van der Waals surface area contributed by atoms with Crippen LogP contribution < -0.4 is 0 Å². The molecule has 2 aromatic rings. The fraction of sp³-hybridized carbons (Fsp3) is 0.500. The summed E-state index contributed by atoms with van der Waals surface area (Å²) in [5.41, 5.74) is -2.13. The van der Waals surface area contributed by atoms with E-state index < -0.39 is 11.8 Å². The van der Waals surface area contributed by atoms with E-state index in [0.29, 0.717) is 12.5 Å². The van der Waals surface area contributed by atoms with Gasteiger partial charge in [-0.2, -0.15) is 13.2 Å². The second-order valence-corrected chi connectivity index (χ2v) is 9.63. The Balaban J connectivity index is 1.50. The molecule has 4 nitrogen and oxygen atoms in total. The predicted molar refractivity (Wildman–Crippen MR) is 119 cm³/mol. The number of alkyl halides is 3. The molecule has 0 heterocycles. The number of hydrogen-bond donors (Lipinski definition) is 2. The predicted octanol–water partition coefficient (Wildman–Crippen LogP) is 4.93. The van der Waals surface area contributed by atoms with Crippen LogP contribution in [0.2, 0.25) is 0 Å². The maximum absolute atomic E-state index is 13.4. The molecule has 0 saturated heterocycles. The maximum atomic E-state index is 13.4. The number of hydrogen-bond acceptors (Lipinski definition) is 3. The largest absolute Gasteiger partial charge is 0.421 e. The normalized spacial score (nSPS) is 25.3. The molecule has 1 atom stereocenters. The number of halogens is 3. The monoisotopic (exact) mass is 461 g/mol. The lowest BCUT2D eigenvalue weighted by molar-refractivity contribution is -0.258. The summed E-state index contributed by atoms with van der Waals surface area (Å²) in [5, 5.41) is 20.1. The smallest absolute Gasteiger partial charge is 0.395 e. The molecule has 33 heavy (non-hydrogen) atoms. The molecule has 0 aromatic heterocycles. The molecule has 2 N–H and O–H groups in total. The third-order valence-corrected chi connectivity index (χ3v) is 7.42. The summed E-state index contributed by atoms with van der Waals surface area (Å²) in [7, 11) is 0. The number of carbonyl (C=O) groups is 1. The molecule has 2 aromatic carbocycles. The molecule has 2 aliphatic rings. The van der Waals surface area contributed by atoms with Crippen molar-refractivity contribution in [2.45, 2.75) is 74.7 Å². The van der Waals surface area contributed by atoms with Crippen LogP contribution in [0.5, 0.6) is 0 Å². The fourth-order valence-corrected chi connectivity index (χ4v) is 5.00. The summed E-state index contributed by atoms with van der Waals surface area (Å²) >= 11 is 0. The second kappa shape index (κ2) is 8.76. The van der Waals surface area contributed by atoms with Gasteiger partial charge in [-0.1, -0.05) is 42.5 Å². The van der Waals surface area contributed by atoms with Crippen LogP contribution in [0, 0.1) is 0 Å². The molecule has 2 saturated carbocycles. The summed E-state index contributed by atoms with van der Waals surface area (Å²) < 4.78 is 39.4. The van der Waals surface area contributed by atoms with Crippen molar-refractivity contribution in [3.63, 3.8) is 0 Å². The Morgan fingerprint density at radius 3 is 2.00 bits per heavy atom. The number of benzene rings is 2. The average molecular weight is 462 g/mol. The minimum atomic E-state index is -4.81. The zero-order chi connectivity index (χ0) is 23.9. The first-order valence-electron chi connectivity index (χ1n) is 11.5. The molecule has 0 unspecified atom stereocenters. The van der Waals surface area contributed by atoms with Gasteiger partial charge < -0.3 is 15.1 Å². The van der Waals surface area contributed by atoms with Crippen molar-refractivity contribution in [2.24, 2.45) is 0 Å². The Bertz CT molecular complexity index is 961. The van der Waals surface area contributed by atoms with Gasteiger partial charge in [-0.15, -0.1) is 0 Å². The third-order valence-electron chi connectivity index (χ3n) is 7.42. The van der Waals surface area contributed by atoms with Gasteiger partial charge in [0, 0.05) is 23.1 Å². The van der Waals surface area contributed by atoms with Crippen LogP contribution >= 0.6 is 0 Å². The average Bonchev–Trinajstić information content (AvgIpc) is 3.65. The Hall–Kier alpha value is -2.38. The molecule has 7 heteroatoms. The highest BCUT2D eigenvalue weighted by Crippen LogP contribution is 2.43. The van der Waals surface area contributed by atoms with Crippen molar-refractivity contribution >= 4 is 5.91 Å². The first-order valence-corrected chi connectivity index (χ1v) is 11.5. The number of nitrogens with zero attached hydrogens (tertiary/aromatic N) is 1. The van der Waals surface area contributed by atoms with Crippen molar-refractivity contribution in [2.75, 3.05) is 6.61 Å². The van der Waals surface area contributed by atoms with E-state index in [1.807, 2.05) is 35.2 Å². The molecule has 2 fully saturated rings. The summed E-state index contributed by atoms with van der Waals surface area (Å²) in [6.45, 7) is 0.768. The SMILES string of the molecule is C[C@](O)(c1ccc(C(=O)N(C2CC2)C2CCC(CO)(c3ccccc3)CC2)cc1)C(F)(F)F. The van der Waals surface area contributed by atoms with E-state index >= 15 is 0 Å². The highest BCUT2D eigenvalue weighted by molar-refractivity contribution is 5.95. The highest BCUT2D eigenvalue weighted by Gasteiger charge is 2.51. The number of aliphatic hydroxyl groups excluding tert-OH is 1. The van der Waals surface area contributed by atoms with Crippen molar-refractivity contribution in [1.82, 2.24) is 4.90 Å². The Morgan fingerprint density at radius 2 is 1.52 bits per heavy atom. The maximum Gasteiger partial charge on any atom is 0.421 e. The van der Waals surface area contributed by atoms with Crippen molar-refractivity contribution in [3.05, 3.63) is 71.3 Å². The minimum Gasteiger partial charge on any atom is -0.395 e. The second-order valence-electron chi connectivity index (χ2n) is 9.63. The molecule has 0 bridgehead atoms. The van der Waals surface area contributed by atoms with Crippen molar-refractivity contribution < 1.29 is 28.2 Å². The van der Waals surface area contributed by atoms with E-state index in [1.165, 1.54) is 24.3 Å². The highest BCUT2D eigenvalue weighted by atomic mass is 19.4. The van der Waals surface area contributed by atoms with E-state index in [0.717, 1.165) is 44.1 Å². The lowest BCUT2D eigenvalue weighted by Crippen LogP contribution is -2.47. The molecule has 4 rings (SSSR count). The van der Waals surface area contributed by atoms with Crippen LogP contribution in [-0.4, -0.2) is 45.9 Å². The first-order chi connectivity index (χ1) is 15.6. The van der Waals surface area contributed by atoms with Gasteiger partial charge in [0.25, 0.3) is 5.91 Å². The molecular formula is C26H30F3NO3. The van der Waals surface area contributed by atoms with Gasteiger partial charge in [0.1, 0.15) is 0 Å². The third kappa shape index (κ3) is 4.53. The van der Waals surface area contributed by atoms with Crippen LogP contribution in [0.4, 0.5) is 13.2 Å². The van der Waals surface area contributed by atoms with Crippen LogP contribution in [0.3, 0.4) is 0 Å². The molecule has 178 valence electrons. The minimum absolute atomic E-state index is 0.0337. The van der Waals surface area contributed by atoms with Gasteiger partial charge in [0.2, 0.25) is 0 Å². The van der Waals surface area contributed by atoms with Crippen molar-refractivity contribution in [3.8, 4) is 0 Å². The molecule has 0 radical (unpaired) electrons. The van der Waals surface area contributed by atoms with Gasteiger partial charge in [-0.25, -0.2) is 0 Å². The fourth-order valence-electron chi connectivity index (χ4n) is 5.00. The number of amides is 1. The van der Waals surface area contributed by atoms with Crippen LogP contribution in [0.1, 0.15) is 66.9 Å². The zero-order valence-corrected chi connectivity index (χ0v) is 18.7. The Kier molecular flexibility index (Phi) is 6.31. The van der Waals surface area contributed by atoms with Gasteiger partial charge in [-0.3, -0.25) is 4.79 Å². The zero-order valence-electron chi connectivity index (χ0n) is 18.7. The number of carbonyl (C=O) groups excluding carboxylic acids is 1. The van der Waals surface area contributed by atoms with Gasteiger partial charge in [0.15, 0.2) is 5.60 Å². The van der Waals surface area contributed by atoms with Crippen molar-refractivity contribution in [1.29, 1.82) is 0 Å². The molecule has 0 aliphatic heterocycles. The molecular weight excluding hydrogens is 431 g/mol. The lowest BCUT2D eigenvalue weighted by Gasteiger charge is -2.43. The molecule has 2 aliphatic carbocycles. The van der Waals surface area contributed by atoms with Crippen LogP contribution in [0.15, 0.2) is 54.6 Å². The number of aliphatic hydroxyl groups is 2. The van der Waals surface area contributed by atoms with E-state index in [-0.39, 0.29) is 35.6 Å². The topological polar surface area (TPSA) is 60.8 Å². The lowest BCUT2D eigenvalue weighted by atomic mass is 9.68. The standard InChI is InChI=1S/C26H30F3NO3/c1-24(33,26(27,28)29)19-9-7-18(8-10-19)23(32)30(21-11-12-21)22-13-15-25(17-31,16-14-22)20-5-3-2-4-6-20/h2-10,21-22,31,33H,11-17H2,1H3/t22?,24-,25?/m0/s1. The quantitative estimate of drug-likeness (QED) is 0.641. The Morgan fingerprint density at radius 1 is 0.970 bits per heavy atom. The van der Waals surface area contributed by atoms with Crippen LogP contribution in [-0.2, 0) is 11.0 Å². The van der Waals surface area contributed by atoms with Gasteiger partial charge in [-0.05, 0) is 68.7 Å². The van der Waals surface area contributed by atoms with E-state index in [2.05, 4.69) is 0 Å². The van der Waals surface area contributed by atoms with Gasteiger partial charge >= 0.3 is 6.18 Å². The first kappa shape index (κ1) is 23.8. The Labute approximate surface area is 192 Å². The number of rotatable bonds is 6. The van der Waals surface area contributed by atoms with E-state index in [4.69, 9.17) is 0 Å². The van der Waals surface area contributed by atoms with Gasteiger partial charge in [0.05, 0.1) is 6.61 Å². The van der Waals surface area contributed by atoms with E-state index in [9.17, 15) is 28.2 Å². The molecule has 1 amide bonds. The molecule has 0 spiro atoms.